The molecule has 0 saturated carbocycles. The first-order valence-corrected chi connectivity index (χ1v) is 16.4. The van der Waals surface area contributed by atoms with Gasteiger partial charge in [-0.15, -0.1) is 0 Å². The molecule has 250 valence electrons. The minimum Gasteiger partial charge on any atom is -0.490 e. The maximum absolute atomic E-state index is 12.3. The summed E-state index contributed by atoms with van der Waals surface area (Å²) in [5.74, 6) is -2.26. The normalized spacial score (nSPS) is 14.2. The Morgan fingerprint density at radius 3 is 1.98 bits per heavy atom. The molecule has 0 aliphatic carbocycles. The molecular weight excluding hydrogens is 634 g/mol. The van der Waals surface area contributed by atoms with Crippen molar-refractivity contribution >= 4 is 32.4 Å². The molecule has 0 heterocycles. The Balaban J connectivity index is 3.32. The molecule has 0 spiro atoms. The average molecular weight is 675 g/mol. The predicted octanol–water partition coefficient (Wildman–Crippen LogP) is 2.60. The smallest absolute Gasteiger partial charge is 0.359 e. The molecule has 14 nitrogen and oxygen atoms in total. The van der Waals surface area contributed by atoms with E-state index in [9.17, 15) is 48.5 Å². The zero-order chi connectivity index (χ0) is 34.9. The maximum atomic E-state index is 12.3. The Kier molecular flexibility index (Phi) is 14.4. The fourth-order valence-electron chi connectivity index (χ4n) is 3.21. The van der Waals surface area contributed by atoms with Crippen molar-refractivity contribution in [1.29, 1.82) is 0 Å². The van der Waals surface area contributed by atoms with Crippen molar-refractivity contribution in [3.8, 4) is 5.75 Å². The molecule has 0 aliphatic rings. The van der Waals surface area contributed by atoms with E-state index in [4.69, 9.17) is 14.2 Å². The minimum absolute atomic E-state index is 0.00549. The van der Waals surface area contributed by atoms with Gasteiger partial charge in [0.2, 0.25) is 6.29 Å². The summed E-state index contributed by atoms with van der Waals surface area (Å²) in [5.41, 5.74) is 0.119. The lowest BCUT2D eigenvalue weighted by molar-refractivity contribution is -0.169. The van der Waals surface area contributed by atoms with Crippen LogP contribution in [-0.4, -0.2) is 73.9 Å². The molecule has 6 N–H and O–H groups in total. The van der Waals surface area contributed by atoms with E-state index in [0.29, 0.717) is 11.1 Å². The van der Waals surface area contributed by atoms with E-state index in [1.807, 2.05) is 0 Å². The van der Waals surface area contributed by atoms with Crippen LogP contribution >= 0.6 is 15.2 Å². The Bertz CT molecular complexity index is 1460. The number of esters is 2. The summed E-state index contributed by atoms with van der Waals surface area (Å²) < 4.78 is 44.5. The van der Waals surface area contributed by atoms with Crippen molar-refractivity contribution in [2.24, 2.45) is 0 Å². The second-order valence-electron chi connectivity index (χ2n) is 10.5. The quantitative estimate of drug-likeness (QED) is 0.0349. The van der Waals surface area contributed by atoms with Gasteiger partial charge in [-0.25, -0.2) is 9.59 Å². The van der Waals surface area contributed by atoms with Crippen LogP contribution in [0.25, 0.3) is 0 Å². The first-order valence-electron chi connectivity index (χ1n) is 13.1. The first kappa shape index (κ1) is 39.7. The van der Waals surface area contributed by atoms with Crippen LogP contribution in [0.4, 0.5) is 0 Å². The number of hydrogen-bond acceptors (Lipinski definition) is 10. The van der Waals surface area contributed by atoms with Crippen LogP contribution in [0.15, 0.2) is 77.9 Å². The summed E-state index contributed by atoms with van der Waals surface area (Å²) >= 11 is 0. The van der Waals surface area contributed by atoms with E-state index in [2.05, 4.69) is 24.5 Å². The summed E-state index contributed by atoms with van der Waals surface area (Å²) in [6, 6.07) is 4.06. The summed E-state index contributed by atoms with van der Waals surface area (Å²) in [5, 5.41) is 18.8. The van der Waals surface area contributed by atoms with Crippen molar-refractivity contribution in [3.63, 3.8) is 0 Å². The SMILES string of the molecule is C=C(C)C(=O)OCC(O)COc1ccc(C(C)(C)/C(C)=C/C=C(/OCC(O)OC(=O)C(=C)C)C(=C)P(=O)(O)O)cc1P(=O)(O)O. The zero-order valence-corrected chi connectivity index (χ0v) is 27.4. The highest BCUT2D eigenvalue weighted by molar-refractivity contribution is 7.60. The van der Waals surface area contributed by atoms with E-state index in [1.165, 1.54) is 44.2 Å². The van der Waals surface area contributed by atoms with Gasteiger partial charge in [-0.3, -0.25) is 9.13 Å². The van der Waals surface area contributed by atoms with Gasteiger partial charge in [0.15, 0.2) is 6.61 Å². The highest BCUT2D eigenvalue weighted by atomic mass is 31.2. The molecule has 0 radical (unpaired) electrons. The van der Waals surface area contributed by atoms with Crippen LogP contribution in [-0.2, 0) is 38.3 Å². The summed E-state index contributed by atoms with van der Waals surface area (Å²) in [6.45, 7) is 16.4. The second-order valence-corrected chi connectivity index (χ2v) is 13.7. The van der Waals surface area contributed by atoms with E-state index in [0.717, 1.165) is 0 Å². The van der Waals surface area contributed by atoms with Gasteiger partial charge < -0.3 is 48.7 Å². The molecule has 2 unspecified atom stereocenters. The number of benzene rings is 1. The number of carbonyl (C=O) groups excluding carboxylic acids is 2. The molecular formula is C29H40O14P2. The van der Waals surface area contributed by atoms with Gasteiger partial charge in [-0.1, -0.05) is 51.3 Å². The summed E-state index contributed by atoms with van der Waals surface area (Å²) in [6.07, 6.45) is -0.491. The van der Waals surface area contributed by atoms with E-state index >= 15 is 0 Å². The maximum Gasteiger partial charge on any atom is 0.359 e. The molecule has 0 aromatic heterocycles. The molecule has 0 fully saturated rings. The molecule has 1 aromatic rings. The fraction of sp³-hybridized carbons (Fsp3) is 0.379. The third-order valence-corrected chi connectivity index (χ3v) is 8.16. The highest BCUT2D eigenvalue weighted by Crippen LogP contribution is 2.48. The van der Waals surface area contributed by atoms with Crippen LogP contribution < -0.4 is 10.0 Å². The van der Waals surface area contributed by atoms with Crippen molar-refractivity contribution in [3.05, 3.63) is 83.4 Å². The first-order chi connectivity index (χ1) is 20.5. The number of aliphatic hydroxyl groups excluding tert-OH is 2. The van der Waals surface area contributed by atoms with Gasteiger partial charge in [0.05, 0.1) is 5.31 Å². The van der Waals surface area contributed by atoms with Crippen molar-refractivity contribution in [1.82, 2.24) is 0 Å². The zero-order valence-electron chi connectivity index (χ0n) is 25.6. The number of rotatable bonds is 17. The van der Waals surface area contributed by atoms with Gasteiger partial charge in [0, 0.05) is 16.6 Å². The van der Waals surface area contributed by atoms with E-state index in [1.54, 1.807) is 20.8 Å². The molecule has 0 saturated heterocycles. The molecule has 0 bridgehead atoms. The Labute approximate surface area is 261 Å². The monoisotopic (exact) mass is 674 g/mol. The fourth-order valence-corrected chi connectivity index (χ4v) is 4.37. The number of aliphatic hydroxyl groups is 2. The second kappa shape index (κ2) is 16.3. The lowest BCUT2D eigenvalue weighted by atomic mass is 9.78. The van der Waals surface area contributed by atoms with Gasteiger partial charge in [0.1, 0.15) is 36.1 Å². The Hall–Kier alpha value is -3.32. The summed E-state index contributed by atoms with van der Waals surface area (Å²) in [7, 11) is -9.80. The largest absolute Gasteiger partial charge is 0.490 e. The number of carbonyl (C=O) groups is 2. The topological polar surface area (TPSA) is 227 Å². The van der Waals surface area contributed by atoms with E-state index < -0.39 is 81.1 Å². The standard InChI is InChI=1S/C29H40O14P2/c1-17(2)27(32)42-15-22(30)14-40-24-12-10-21(13-25(24)45(37,38)39)29(7,8)19(5)9-11-23(20(6)44(34,35)36)41-16-26(31)43-28(33)18(3)4/h9-13,22,26,30-31H,1,3,6,14-16H2,2,4-5,7-8H3,(H2,34,35,36)(H2,37,38,39)/b19-9+,23-11+. The number of allylic oxidation sites excluding steroid dienone is 4. The molecule has 0 amide bonds. The van der Waals surface area contributed by atoms with Crippen LogP contribution in [0, 0.1) is 0 Å². The number of hydrogen-bond donors (Lipinski definition) is 6. The molecule has 1 aromatic carbocycles. The average Bonchev–Trinajstić information content (AvgIpc) is 2.92. The number of ether oxygens (including phenoxy) is 4. The summed E-state index contributed by atoms with van der Waals surface area (Å²) in [4.78, 5) is 62.4. The molecule has 16 heteroatoms. The van der Waals surface area contributed by atoms with Crippen molar-refractivity contribution in [2.75, 3.05) is 19.8 Å². The van der Waals surface area contributed by atoms with Crippen molar-refractivity contribution < 1.29 is 67.5 Å². The van der Waals surface area contributed by atoms with Crippen molar-refractivity contribution in [2.45, 2.75) is 52.4 Å². The van der Waals surface area contributed by atoms with Gasteiger partial charge in [-0.05, 0) is 44.5 Å². The van der Waals surface area contributed by atoms with Gasteiger partial charge in [-0.2, -0.15) is 0 Å². The highest BCUT2D eigenvalue weighted by Gasteiger charge is 2.30. The predicted molar refractivity (Wildman–Crippen MR) is 164 cm³/mol. The van der Waals surface area contributed by atoms with Crippen LogP contribution in [0.2, 0.25) is 0 Å². The van der Waals surface area contributed by atoms with Crippen LogP contribution in [0.5, 0.6) is 5.75 Å². The lowest BCUT2D eigenvalue weighted by Gasteiger charge is -2.28. The van der Waals surface area contributed by atoms with E-state index in [-0.39, 0.29) is 16.9 Å². The molecule has 0 aliphatic heterocycles. The van der Waals surface area contributed by atoms with Gasteiger partial charge in [0.25, 0.3) is 0 Å². The molecule has 1 rings (SSSR count). The van der Waals surface area contributed by atoms with Gasteiger partial charge >= 0.3 is 27.1 Å². The third-order valence-electron chi connectivity index (χ3n) is 6.26. The minimum atomic E-state index is -4.90. The van der Waals surface area contributed by atoms with Crippen LogP contribution in [0.1, 0.15) is 40.2 Å². The molecule has 2 atom stereocenters. The Morgan fingerprint density at radius 1 is 0.889 bits per heavy atom. The Morgan fingerprint density at radius 2 is 1.47 bits per heavy atom. The third kappa shape index (κ3) is 12.5. The molecule has 45 heavy (non-hydrogen) atoms. The lowest BCUT2D eigenvalue weighted by Crippen LogP contribution is -2.27. The van der Waals surface area contributed by atoms with Crippen LogP contribution in [0.3, 0.4) is 0 Å².